The van der Waals surface area contributed by atoms with Crippen LogP contribution in [0.15, 0.2) is 0 Å². The smallest absolute Gasteiger partial charge is 0.0900 e. The van der Waals surface area contributed by atoms with Crippen molar-refractivity contribution in [1.82, 2.24) is 9.88 Å². The molecule has 0 bridgehead atoms. The maximum Gasteiger partial charge on any atom is 0.0900 e. The van der Waals surface area contributed by atoms with Crippen LogP contribution in [0, 0.1) is 6.92 Å². The van der Waals surface area contributed by atoms with Crippen molar-refractivity contribution < 1.29 is 5.11 Å². The Balaban J connectivity index is 1.92. The summed E-state index contributed by atoms with van der Waals surface area (Å²) in [6, 6.07) is 0.578. The molecule has 102 valence electrons. The molecule has 1 aromatic rings. The Morgan fingerprint density at radius 2 is 2.22 bits per heavy atom. The normalized spacial score (nSPS) is 19.2. The second-order valence-electron chi connectivity index (χ2n) is 5.22. The van der Waals surface area contributed by atoms with Gasteiger partial charge in [0.1, 0.15) is 0 Å². The molecule has 1 atom stereocenters. The fourth-order valence-electron chi connectivity index (χ4n) is 2.75. The lowest BCUT2D eigenvalue weighted by atomic mass is 9.97. The number of unbranched alkanes of at least 4 members (excludes halogenated alkanes) is 2. The van der Waals surface area contributed by atoms with Gasteiger partial charge in [-0.3, -0.25) is 4.90 Å². The minimum Gasteiger partial charge on any atom is -0.396 e. The zero-order chi connectivity index (χ0) is 13.0. The molecule has 18 heavy (non-hydrogen) atoms. The average molecular weight is 268 g/mol. The molecular formula is C14H24N2OS. The van der Waals surface area contributed by atoms with Crippen LogP contribution in [0.2, 0.25) is 0 Å². The SMILES string of the molecule is Cc1nc2c(s1)C(N(C)CCCCCO)CCC2. The van der Waals surface area contributed by atoms with Crippen molar-refractivity contribution in [2.75, 3.05) is 20.2 Å². The van der Waals surface area contributed by atoms with Crippen molar-refractivity contribution >= 4 is 11.3 Å². The molecule has 0 saturated carbocycles. The molecule has 1 heterocycles. The number of thiazole rings is 1. The third-order valence-corrected chi connectivity index (χ3v) is 4.84. The van der Waals surface area contributed by atoms with Crippen molar-refractivity contribution in [3.8, 4) is 0 Å². The van der Waals surface area contributed by atoms with Gasteiger partial charge in [0.15, 0.2) is 0 Å². The van der Waals surface area contributed by atoms with Crippen LogP contribution in [0.5, 0.6) is 0 Å². The lowest BCUT2D eigenvalue weighted by molar-refractivity contribution is 0.215. The Kier molecular flexibility index (Phi) is 5.15. The van der Waals surface area contributed by atoms with Gasteiger partial charge < -0.3 is 5.11 Å². The van der Waals surface area contributed by atoms with Crippen LogP contribution in [-0.2, 0) is 6.42 Å². The summed E-state index contributed by atoms with van der Waals surface area (Å²) in [4.78, 5) is 8.63. The first-order valence-corrected chi connectivity index (χ1v) is 7.81. The number of hydrogen-bond donors (Lipinski definition) is 1. The number of aliphatic hydroxyl groups is 1. The molecule has 2 rings (SSSR count). The molecule has 4 heteroatoms. The summed E-state index contributed by atoms with van der Waals surface area (Å²) in [5.74, 6) is 0. The first-order chi connectivity index (χ1) is 8.72. The van der Waals surface area contributed by atoms with E-state index in [1.807, 2.05) is 11.3 Å². The van der Waals surface area contributed by atoms with E-state index in [4.69, 9.17) is 5.11 Å². The maximum atomic E-state index is 8.79. The zero-order valence-electron chi connectivity index (χ0n) is 11.5. The number of fused-ring (bicyclic) bond motifs is 1. The summed E-state index contributed by atoms with van der Waals surface area (Å²) in [5.41, 5.74) is 1.34. The van der Waals surface area contributed by atoms with Gasteiger partial charge in [-0.2, -0.15) is 0 Å². The van der Waals surface area contributed by atoms with Crippen LogP contribution in [0.1, 0.15) is 53.7 Å². The van der Waals surface area contributed by atoms with E-state index in [0.717, 1.165) is 25.8 Å². The molecule has 3 nitrogen and oxygen atoms in total. The van der Waals surface area contributed by atoms with E-state index >= 15 is 0 Å². The van der Waals surface area contributed by atoms with Crippen molar-refractivity contribution in [1.29, 1.82) is 0 Å². The Bertz CT molecular complexity index is 378. The van der Waals surface area contributed by atoms with Gasteiger partial charge in [0.05, 0.1) is 10.7 Å². The molecule has 1 aromatic heterocycles. The van der Waals surface area contributed by atoms with Crippen molar-refractivity contribution in [2.45, 2.75) is 51.5 Å². The van der Waals surface area contributed by atoms with Crippen molar-refractivity contribution in [2.24, 2.45) is 0 Å². The summed E-state index contributed by atoms with van der Waals surface area (Å²) in [6.07, 6.45) is 6.94. The third kappa shape index (κ3) is 3.31. The summed E-state index contributed by atoms with van der Waals surface area (Å²) >= 11 is 1.88. The van der Waals surface area contributed by atoms with Crippen molar-refractivity contribution in [3.63, 3.8) is 0 Å². The molecule has 0 spiro atoms. The number of rotatable bonds is 6. The highest BCUT2D eigenvalue weighted by atomic mass is 32.1. The van der Waals surface area contributed by atoms with E-state index in [1.165, 1.54) is 34.8 Å². The highest BCUT2D eigenvalue weighted by Crippen LogP contribution is 2.37. The number of nitrogens with zero attached hydrogens (tertiary/aromatic N) is 2. The topological polar surface area (TPSA) is 36.4 Å². The van der Waals surface area contributed by atoms with E-state index < -0.39 is 0 Å². The summed E-state index contributed by atoms with van der Waals surface area (Å²) in [6.45, 7) is 3.56. The monoisotopic (exact) mass is 268 g/mol. The molecule has 0 radical (unpaired) electrons. The molecule has 0 amide bonds. The maximum absolute atomic E-state index is 8.79. The Morgan fingerprint density at radius 3 is 3.00 bits per heavy atom. The minimum absolute atomic E-state index is 0.325. The van der Waals surface area contributed by atoms with Gasteiger partial charge in [0, 0.05) is 17.5 Å². The number of aryl methyl sites for hydroxylation is 2. The van der Waals surface area contributed by atoms with Crippen LogP contribution >= 0.6 is 11.3 Å². The quantitative estimate of drug-likeness (QED) is 0.806. The first-order valence-electron chi connectivity index (χ1n) is 6.99. The van der Waals surface area contributed by atoms with Gasteiger partial charge in [-0.1, -0.05) is 0 Å². The van der Waals surface area contributed by atoms with E-state index in [1.54, 1.807) is 0 Å². The molecule has 1 aliphatic rings. The van der Waals surface area contributed by atoms with Gasteiger partial charge in [0.25, 0.3) is 0 Å². The van der Waals surface area contributed by atoms with E-state index in [0.29, 0.717) is 12.6 Å². The molecule has 0 saturated heterocycles. The second-order valence-corrected chi connectivity index (χ2v) is 6.45. The predicted molar refractivity (Wildman–Crippen MR) is 76.1 cm³/mol. The minimum atomic E-state index is 0.325. The van der Waals surface area contributed by atoms with E-state index in [-0.39, 0.29) is 0 Å². The fraction of sp³-hybridized carbons (Fsp3) is 0.786. The van der Waals surface area contributed by atoms with Gasteiger partial charge in [-0.05, 0) is 59.0 Å². The Morgan fingerprint density at radius 1 is 1.39 bits per heavy atom. The Labute approximate surface area is 114 Å². The summed E-state index contributed by atoms with van der Waals surface area (Å²) < 4.78 is 0. The number of aromatic nitrogens is 1. The zero-order valence-corrected chi connectivity index (χ0v) is 12.3. The number of aliphatic hydroxyl groups excluding tert-OH is 1. The summed E-state index contributed by atoms with van der Waals surface area (Å²) in [5, 5.41) is 10.0. The standard InChI is InChI=1S/C14H24N2OS/c1-11-15-12-7-6-8-13(14(12)18-11)16(2)9-4-3-5-10-17/h13,17H,3-10H2,1-2H3. The van der Waals surface area contributed by atoms with Gasteiger partial charge in [0.2, 0.25) is 0 Å². The lowest BCUT2D eigenvalue weighted by Gasteiger charge is -2.30. The number of hydrogen-bond acceptors (Lipinski definition) is 4. The van der Waals surface area contributed by atoms with E-state index in [2.05, 4.69) is 23.9 Å². The first kappa shape index (κ1) is 14.0. The summed E-state index contributed by atoms with van der Waals surface area (Å²) in [7, 11) is 2.23. The second kappa shape index (κ2) is 6.64. The molecule has 0 fully saturated rings. The van der Waals surface area contributed by atoms with Crippen molar-refractivity contribution in [3.05, 3.63) is 15.6 Å². The fourth-order valence-corrected chi connectivity index (χ4v) is 3.92. The van der Waals surface area contributed by atoms with Gasteiger partial charge in [-0.25, -0.2) is 4.98 Å². The molecule has 1 N–H and O–H groups in total. The molecule has 0 aliphatic heterocycles. The molecule has 0 aromatic carbocycles. The van der Waals surface area contributed by atoms with E-state index in [9.17, 15) is 0 Å². The predicted octanol–water partition coefficient (Wildman–Crippen LogP) is 2.92. The van der Waals surface area contributed by atoms with Crippen LogP contribution in [0.4, 0.5) is 0 Å². The molecule has 1 aliphatic carbocycles. The third-order valence-electron chi connectivity index (χ3n) is 3.73. The van der Waals surface area contributed by atoms with Crippen LogP contribution in [-0.4, -0.2) is 35.2 Å². The van der Waals surface area contributed by atoms with Crippen LogP contribution in [0.3, 0.4) is 0 Å². The van der Waals surface area contributed by atoms with Gasteiger partial charge >= 0.3 is 0 Å². The van der Waals surface area contributed by atoms with Crippen LogP contribution in [0.25, 0.3) is 0 Å². The average Bonchev–Trinajstić information content (AvgIpc) is 2.74. The lowest BCUT2D eigenvalue weighted by Crippen LogP contribution is -2.28. The highest BCUT2D eigenvalue weighted by Gasteiger charge is 2.26. The Hall–Kier alpha value is -0.450. The van der Waals surface area contributed by atoms with Gasteiger partial charge in [-0.15, -0.1) is 11.3 Å². The largest absolute Gasteiger partial charge is 0.396 e. The molecular weight excluding hydrogens is 244 g/mol. The van der Waals surface area contributed by atoms with Crippen LogP contribution < -0.4 is 0 Å². The molecule has 1 unspecified atom stereocenters. The highest BCUT2D eigenvalue weighted by molar-refractivity contribution is 7.11.